The van der Waals surface area contributed by atoms with Gasteiger partial charge in [-0.3, -0.25) is 14.5 Å². The number of hydrogen-bond donors (Lipinski definition) is 1. The highest BCUT2D eigenvalue weighted by Crippen LogP contribution is 2.40. The van der Waals surface area contributed by atoms with Crippen molar-refractivity contribution in [2.24, 2.45) is 11.8 Å². The minimum Gasteiger partial charge on any atom is -0.481 e. The zero-order valence-corrected chi connectivity index (χ0v) is 9.14. The monoisotopic (exact) mass is 223 g/mol. The Morgan fingerprint density at radius 3 is 2.56 bits per heavy atom. The van der Waals surface area contributed by atoms with Crippen molar-refractivity contribution >= 4 is 17.8 Å². The summed E-state index contributed by atoms with van der Waals surface area (Å²) in [6, 6.07) is 3.46. The molecule has 1 amide bonds. The Hall–Kier alpha value is -1.78. The molecule has 1 N–H and O–H groups in total. The first-order valence-electron chi connectivity index (χ1n) is 5.07. The van der Waals surface area contributed by atoms with Gasteiger partial charge in [-0.15, -0.1) is 0 Å². The van der Waals surface area contributed by atoms with Gasteiger partial charge in [0.15, 0.2) is 0 Å². The Morgan fingerprint density at radius 1 is 1.44 bits per heavy atom. The molecule has 1 aromatic heterocycles. The van der Waals surface area contributed by atoms with Crippen molar-refractivity contribution in [2.45, 2.75) is 13.3 Å². The summed E-state index contributed by atoms with van der Waals surface area (Å²) in [5, 5.41) is 8.73. The van der Waals surface area contributed by atoms with Crippen LogP contribution in [0.25, 0.3) is 0 Å². The molecule has 1 saturated carbocycles. The Bertz CT molecular complexity index is 437. The van der Waals surface area contributed by atoms with Gasteiger partial charge in [-0.05, 0) is 19.4 Å². The number of carbonyl (C=O) groups is 2. The van der Waals surface area contributed by atoms with Crippen LogP contribution in [0.5, 0.6) is 0 Å². The van der Waals surface area contributed by atoms with E-state index in [1.807, 2.05) is 0 Å². The lowest BCUT2D eigenvalue weighted by molar-refractivity contribution is -0.140. The lowest BCUT2D eigenvalue weighted by atomic mass is 10.3. The van der Waals surface area contributed by atoms with Crippen molar-refractivity contribution in [2.75, 3.05) is 11.9 Å². The second-order valence-corrected chi connectivity index (χ2v) is 4.07. The minimum absolute atomic E-state index is 0.193. The van der Waals surface area contributed by atoms with Crippen molar-refractivity contribution in [1.82, 2.24) is 0 Å². The second-order valence-electron chi connectivity index (χ2n) is 4.07. The SMILES string of the molecule is Cc1ccc(N(C)C(=O)C2CC2C(=O)O)o1. The molecule has 2 unspecified atom stereocenters. The highest BCUT2D eigenvalue weighted by molar-refractivity contribution is 5.98. The molecule has 1 aliphatic carbocycles. The number of carbonyl (C=O) groups excluding carboxylic acids is 1. The molecular formula is C11H13NO4. The maximum Gasteiger partial charge on any atom is 0.307 e. The van der Waals surface area contributed by atoms with E-state index in [9.17, 15) is 9.59 Å². The molecule has 86 valence electrons. The zero-order chi connectivity index (χ0) is 11.9. The average Bonchev–Trinajstić information content (AvgIpc) is 2.93. The van der Waals surface area contributed by atoms with E-state index in [0.717, 1.165) is 5.76 Å². The highest BCUT2D eigenvalue weighted by Gasteiger charge is 2.49. The maximum atomic E-state index is 11.8. The van der Waals surface area contributed by atoms with Gasteiger partial charge in [0.25, 0.3) is 0 Å². The average molecular weight is 223 g/mol. The van der Waals surface area contributed by atoms with Crippen molar-refractivity contribution < 1.29 is 19.1 Å². The molecule has 0 saturated heterocycles. The number of furan rings is 1. The number of anilines is 1. The summed E-state index contributed by atoms with van der Waals surface area (Å²) in [6.07, 6.45) is 0.429. The number of aryl methyl sites for hydroxylation is 1. The van der Waals surface area contributed by atoms with Crippen LogP contribution in [0.15, 0.2) is 16.5 Å². The molecule has 16 heavy (non-hydrogen) atoms. The minimum atomic E-state index is -0.901. The first kappa shape index (κ1) is 10.7. The first-order chi connectivity index (χ1) is 7.50. The van der Waals surface area contributed by atoms with E-state index in [0.29, 0.717) is 12.3 Å². The molecular weight excluding hydrogens is 210 g/mol. The normalized spacial score (nSPS) is 22.9. The predicted molar refractivity (Wildman–Crippen MR) is 56.1 cm³/mol. The van der Waals surface area contributed by atoms with E-state index in [1.54, 1.807) is 26.1 Å². The molecule has 0 spiro atoms. The van der Waals surface area contributed by atoms with Gasteiger partial charge in [-0.2, -0.15) is 0 Å². The van der Waals surface area contributed by atoms with Crippen LogP contribution in [0, 0.1) is 18.8 Å². The molecule has 1 aromatic rings. The number of aliphatic carboxylic acids is 1. The fourth-order valence-corrected chi connectivity index (χ4v) is 1.70. The van der Waals surface area contributed by atoms with Crippen LogP contribution in [0.3, 0.4) is 0 Å². The second kappa shape index (κ2) is 3.66. The number of carboxylic acids is 1. The summed E-state index contributed by atoms with van der Waals surface area (Å²) in [7, 11) is 1.60. The van der Waals surface area contributed by atoms with Crippen molar-refractivity contribution in [3.05, 3.63) is 17.9 Å². The Morgan fingerprint density at radius 2 is 2.12 bits per heavy atom. The van der Waals surface area contributed by atoms with E-state index in [2.05, 4.69) is 0 Å². The molecule has 2 atom stereocenters. The van der Waals surface area contributed by atoms with Gasteiger partial charge >= 0.3 is 5.97 Å². The lowest BCUT2D eigenvalue weighted by Crippen LogP contribution is -2.28. The molecule has 1 heterocycles. The molecule has 5 nitrogen and oxygen atoms in total. The number of amides is 1. The summed E-state index contributed by atoms with van der Waals surface area (Å²) in [4.78, 5) is 23.9. The third kappa shape index (κ3) is 1.80. The zero-order valence-electron chi connectivity index (χ0n) is 9.14. The maximum absolute atomic E-state index is 11.8. The van der Waals surface area contributed by atoms with Gasteiger partial charge in [0, 0.05) is 13.1 Å². The molecule has 0 aromatic carbocycles. The van der Waals surface area contributed by atoms with E-state index in [1.165, 1.54) is 4.90 Å². The van der Waals surface area contributed by atoms with Gasteiger partial charge in [0.2, 0.25) is 11.8 Å². The number of carboxylic acid groups (broad SMARTS) is 1. The summed E-state index contributed by atoms with van der Waals surface area (Å²) in [5.74, 6) is -0.832. The van der Waals surface area contributed by atoms with Gasteiger partial charge in [0.1, 0.15) is 5.76 Å². The standard InChI is InChI=1S/C11H13NO4/c1-6-3-4-9(16-6)12(2)10(13)7-5-8(7)11(14)15/h3-4,7-8H,5H2,1-2H3,(H,14,15). The van der Waals surface area contributed by atoms with Crippen molar-refractivity contribution in [3.63, 3.8) is 0 Å². The molecule has 0 bridgehead atoms. The highest BCUT2D eigenvalue weighted by atomic mass is 16.4. The van der Waals surface area contributed by atoms with Crippen LogP contribution >= 0.6 is 0 Å². The molecule has 0 aliphatic heterocycles. The van der Waals surface area contributed by atoms with E-state index >= 15 is 0 Å². The fraction of sp³-hybridized carbons (Fsp3) is 0.455. The number of nitrogens with zero attached hydrogens (tertiary/aromatic N) is 1. The van der Waals surface area contributed by atoms with Crippen LogP contribution < -0.4 is 4.90 Å². The topological polar surface area (TPSA) is 70.8 Å². The van der Waals surface area contributed by atoms with E-state index < -0.39 is 17.8 Å². The molecule has 1 fully saturated rings. The Labute approximate surface area is 92.7 Å². The van der Waals surface area contributed by atoms with Crippen molar-refractivity contribution in [1.29, 1.82) is 0 Å². The lowest BCUT2D eigenvalue weighted by Gasteiger charge is -2.13. The third-order valence-electron chi connectivity index (χ3n) is 2.81. The molecule has 2 rings (SSSR count). The Kier molecular flexibility index (Phi) is 2.46. The van der Waals surface area contributed by atoms with Crippen molar-refractivity contribution in [3.8, 4) is 0 Å². The first-order valence-corrected chi connectivity index (χ1v) is 5.07. The van der Waals surface area contributed by atoms with Crippen LogP contribution in [0.2, 0.25) is 0 Å². The number of rotatable bonds is 3. The largest absolute Gasteiger partial charge is 0.481 e. The van der Waals surface area contributed by atoms with Crippen LogP contribution in [0.4, 0.5) is 5.88 Å². The summed E-state index contributed by atoms with van der Waals surface area (Å²) >= 11 is 0. The molecule has 5 heteroatoms. The fourth-order valence-electron chi connectivity index (χ4n) is 1.70. The van der Waals surface area contributed by atoms with Crippen LogP contribution in [0.1, 0.15) is 12.2 Å². The summed E-state index contributed by atoms with van der Waals surface area (Å²) < 4.78 is 5.30. The summed E-state index contributed by atoms with van der Waals surface area (Å²) in [6.45, 7) is 1.79. The smallest absolute Gasteiger partial charge is 0.307 e. The molecule has 1 aliphatic rings. The quantitative estimate of drug-likeness (QED) is 0.837. The van der Waals surface area contributed by atoms with Gasteiger partial charge in [-0.25, -0.2) is 0 Å². The third-order valence-corrected chi connectivity index (χ3v) is 2.81. The predicted octanol–water partition coefficient (Wildman–Crippen LogP) is 1.27. The Balaban J connectivity index is 2.04. The van der Waals surface area contributed by atoms with Crippen LogP contribution in [-0.4, -0.2) is 24.0 Å². The molecule has 0 radical (unpaired) electrons. The number of hydrogen-bond acceptors (Lipinski definition) is 3. The van der Waals surface area contributed by atoms with Gasteiger partial charge < -0.3 is 9.52 Å². The van der Waals surface area contributed by atoms with E-state index in [4.69, 9.17) is 9.52 Å². The van der Waals surface area contributed by atoms with E-state index in [-0.39, 0.29) is 5.91 Å². The van der Waals surface area contributed by atoms with Gasteiger partial charge in [0.05, 0.1) is 11.8 Å². The van der Waals surface area contributed by atoms with Gasteiger partial charge in [-0.1, -0.05) is 0 Å². The summed E-state index contributed by atoms with van der Waals surface area (Å²) in [5.41, 5.74) is 0. The van der Waals surface area contributed by atoms with Crippen LogP contribution in [-0.2, 0) is 9.59 Å².